The van der Waals surface area contributed by atoms with Crippen LogP contribution in [-0.4, -0.2) is 17.5 Å². The van der Waals surface area contributed by atoms with Crippen molar-refractivity contribution in [2.24, 2.45) is 0 Å². The maximum absolute atomic E-state index is 8.74. The van der Waals surface area contributed by atoms with Crippen molar-refractivity contribution in [1.29, 1.82) is 0 Å². The Morgan fingerprint density at radius 1 is 0.625 bits per heavy atom. The van der Waals surface area contributed by atoms with Gasteiger partial charge in [0.15, 0.2) is 0 Å². The predicted molar refractivity (Wildman–Crippen MR) is 99.1 cm³/mol. The molecule has 0 spiro atoms. The molecular weight excluding hydrogens is 335 g/mol. The first-order valence-corrected chi connectivity index (χ1v) is 10.8. The summed E-state index contributed by atoms with van der Waals surface area (Å²) in [6, 6.07) is 0. The molecule has 0 fully saturated rings. The topological polar surface area (TPSA) is 74.6 Å². The average molecular weight is 375 g/mol. The zero-order valence-corrected chi connectivity index (χ0v) is 19.0. The summed E-state index contributed by atoms with van der Waals surface area (Å²) in [4.78, 5) is 0. The van der Waals surface area contributed by atoms with Gasteiger partial charge in [0.1, 0.15) is 0 Å². The van der Waals surface area contributed by atoms with E-state index in [9.17, 15) is 0 Å². The van der Waals surface area contributed by atoms with E-state index in [2.05, 4.69) is 13.8 Å². The smallest absolute Gasteiger partial charge is 0.343 e. The summed E-state index contributed by atoms with van der Waals surface area (Å²) < 4.78 is 31.6. The monoisotopic (exact) mass is 374 g/mol. The Bertz CT molecular complexity index is 284. The van der Waals surface area contributed by atoms with Gasteiger partial charge in [-0.15, -0.1) is 0 Å². The maximum Gasteiger partial charge on any atom is 1.00 e. The van der Waals surface area contributed by atoms with Crippen LogP contribution in [0.25, 0.3) is 0 Å². The van der Waals surface area contributed by atoms with E-state index in [4.69, 9.17) is 17.5 Å². The standard InChI is InChI=1S/C18H37.Na.H2O4S/c1-3-5-7-9-11-13-15-17-18-16-14-12-10-8-6-4-2;;1-5(2,3)4/h1,3-18H2,2H3;;(H2,1,2,3,4)/q-1;+1;. The van der Waals surface area contributed by atoms with Crippen LogP contribution in [0.4, 0.5) is 0 Å². The molecule has 4 nitrogen and oxygen atoms in total. The molecule has 0 saturated carbocycles. The Morgan fingerprint density at radius 3 is 1.04 bits per heavy atom. The van der Waals surface area contributed by atoms with Crippen molar-refractivity contribution in [3.05, 3.63) is 6.92 Å². The minimum Gasteiger partial charge on any atom is -0.343 e. The number of hydrogen-bond donors (Lipinski definition) is 2. The normalized spacial score (nSPS) is 10.7. The molecule has 0 radical (unpaired) electrons. The summed E-state index contributed by atoms with van der Waals surface area (Å²) in [6.45, 7) is 6.18. The Kier molecular flexibility index (Phi) is 29.5. The second-order valence-electron chi connectivity index (χ2n) is 6.25. The van der Waals surface area contributed by atoms with Gasteiger partial charge in [-0.25, -0.2) is 0 Å². The summed E-state index contributed by atoms with van der Waals surface area (Å²) in [5, 5.41) is 0. The van der Waals surface area contributed by atoms with Crippen LogP contribution in [0.5, 0.6) is 0 Å². The van der Waals surface area contributed by atoms with Gasteiger partial charge in [0.25, 0.3) is 0 Å². The van der Waals surface area contributed by atoms with Crippen molar-refractivity contribution in [2.45, 2.75) is 110 Å². The second kappa shape index (κ2) is 23.9. The molecule has 0 aromatic rings. The minimum atomic E-state index is -4.67. The molecule has 6 heteroatoms. The van der Waals surface area contributed by atoms with Crippen LogP contribution in [0.3, 0.4) is 0 Å². The third kappa shape index (κ3) is 43.4. The zero-order chi connectivity index (χ0) is 17.8. The third-order valence-electron chi connectivity index (χ3n) is 3.85. The van der Waals surface area contributed by atoms with Crippen molar-refractivity contribution in [3.8, 4) is 0 Å². The maximum atomic E-state index is 8.74. The molecular formula is C18H39NaO4S. The van der Waals surface area contributed by atoms with E-state index in [1.165, 1.54) is 96.3 Å². The van der Waals surface area contributed by atoms with E-state index in [1.807, 2.05) is 0 Å². The molecule has 0 bridgehead atoms. The molecule has 0 aliphatic carbocycles. The molecule has 0 saturated heterocycles. The third-order valence-corrected chi connectivity index (χ3v) is 3.85. The molecule has 2 N–H and O–H groups in total. The number of rotatable bonds is 15. The summed E-state index contributed by atoms with van der Waals surface area (Å²) >= 11 is 0. The van der Waals surface area contributed by atoms with Crippen molar-refractivity contribution >= 4 is 10.4 Å². The quantitative estimate of drug-likeness (QED) is 0.199. The fourth-order valence-corrected chi connectivity index (χ4v) is 2.55. The van der Waals surface area contributed by atoms with Crippen LogP contribution in [0.15, 0.2) is 0 Å². The van der Waals surface area contributed by atoms with Gasteiger partial charge in [0.2, 0.25) is 0 Å². The Labute approximate surface area is 173 Å². The van der Waals surface area contributed by atoms with Gasteiger partial charge in [-0.05, 0) is 0 Å². The largest absolute Gasteiger partial charge is 1.00 e. The summed E-state index contributed by atoms with van der Waals surface area (Å²) in [7, 11) is -4.67. The van der Waals surface area contributed by atoms with Crippen LogP contribution < -0.4 is 29.6 Å². The van der Waals surface area contributed by atoms with Crippen molar-refractivity contribution < 1.29 is 47.1 Å². The molecule has 0 rings (SSSR count). The molecule has 0 unspecified atom stereocenters. The number of hydrogen-bond acceptors (Lipinski definition) is 2. The van der Waals surface area contributed by atoms with E-state index in [0.29, 0.717) is 0 Å². The van der Waals surface area contributed by atoms with Crippen LogP contribution >= 0.6 is 0 Å². The van der Waals surface area contributed by atoms with Gasteiger partial charge in [-0.1, -0.05) is 103 Å². The Hall–Kier alpha value is 0.870. The van der Waals surface area contributed by atoms with Crippen LogP contribution in [0.1, 0.15) is 110 Å². The predicted octanol–water partition coefficient (Wildman–Crippen LogP) is 3.43. The van der Waals surface area contributed by atoms with Crippen molar-refractivity contribution in [1.82, 2.24) is 0 Å². The molecule has 0 atom stereocenters. The summed E-state index contributed by atoms with van der Waals surface area (Å²) in [5.41, 5.74) is 0. The fraction of sp³-hybridized carbons (Fsp3) is 0.944. The van der Waals surface area contributed by atoms with E-state index >= 15 is 0 Å². The molecule has 0 amide bonds. The van der Waals surface area contributed by atoms with Gasteiger partial charge < -0.3 is 6.92 Å². The van der Waals surface area contributed by atoms with Gasteiger partial charge >= 0.3 is 40.0 Å². The first-order valence-electron chi connectivity index (χ1n) is 9.41. The van der Waals surface area contributed by atoms with Gasteiger partial charge in [-0.2, -0.15) is 14.8 Å². The molecule has 142 valence electrons. The van der Waals surface area contributed by atoms with Gasteiger partial charge in [0.05, 0.1) is 0 Å². The second-order valence-corrected chi connectivity index (χ2v) is 7.15. The summed E-state index contributed by atoms with van der Waals surface area (Å²) in [6.07, 6.45) is 22.8. The molecule has 0 aliphatic heterocycles. The molecule has 24 heavy (non-hydrogen) atoms. The van der Waals surface area contributed by atoms with Crippen LogP contribution in [0.2, 0.25) is 0 Å². The average Bonchev–Trinajstić information content (AvgIpc) is 2.46. The van der Waals surface area contributed by atoms with Crippen molar-refractivity contribution in [2.75, 3.05) is 0 Å². The molecule has 0 aromatic heterocycles. The Morgan fingerprint density at radius 2 is 0.833 bits per heavy atom. The van der Waals surface area contributed by atoms with Gasteiger partial charge in [0, 0.05) is 0 Å². The van der Waals surface area contributed by atoms with Crippen LogP contribution in [-0.2, 0) is 10.4 Å². The molecule has 0 aliphatic rings. The first-order chi connectivity index (χ1) is 10.9. The van der Waals surface area contributed by atoms with Gasteiger partial charge in [-0.3, -0.25) is 9.11 Å². The fourth-order valence-electron chi connectivity index (χ4n) is 2.55. The van der Waals surface area contributed by atoms with E-state index in [0.717, 1.165) is 6.42 Å². The van der Waals surface area contributed by atoms with E-state index in [1.54, 1.807) is 0 Å². The van der Waals surface area contributed by atoms with E-state index in [-0.39, 0.29) is 29.6 Å². The van der Waals surface area contributed by atoms with Crippen LogP contribution in [0, 0.1) is 6.92 Å². The Balaban J connectivity index is -0.000000639. The summed E-state index contributed by atoms with van der Waals surface area (Å²) in [5.74, 6) is 0. The zero-order valence-electron chi connectivity index (χ0n) is 16.1. The van der Waals surface area contributed by atoms with E-state index < -0.39 is 10.4 Å². The molecule has 0 aromatic carbocycles. The molecule has 0 heterocycles. The number of unbranched alkanes of at least 4 members (excludes halogenated alkanes) is 15. The van der Waals surface area contributed by atoms with Crippen molar-refractivity contribution in [3.63, 3.8) is 0 Å². The minimum absolute atomic E-state index is 0. The SMILES string of the molecule is O=S(=O)(O)O.[CH2-]CCCCCCCCCCCCCCCCC.[Na+]. The first kappa shape index (κ1) is 29.6.